The van der Waals surface area contributed by atoms with E-state index in [2.05, 4.69) is 31.9 Å². The van der Waals surface area contributed by atoms with E-state index < -0.39 is 0 Å². The zero-order chi connectivity index (χ0) is 3.58. The van der Waals surface area contributed by atoms with E-state index in [9.17, 15) is 4.79 Å². The Balaban J connectivity index is 0. The van der Waals surface area contributed by atoms with Crippen LogP contribution < -0.4 is 0 Å². The molecule has 0 atom stereocenters. The van der Waals surface area contributed by atoms with Crippen molar-refractivity contribution in [2.75, 3.05) is 0 Å². The molecule has 4 heteroatoms. The maximum absolute atomic E-state index is 9.28. The largest absolute Gasteiger partial charge is 0.273 e. The van der Waals surface area contributed by atoms with Crippen LogP contribution in [-0.2, 0) is 20.4 Å². The summed E-state index contributed by atoms with van der Waals surface area (Å²) < 4.78 is -0.208. The predicted molar refractivity (Wildman–Crippen MR) is 23.2 cm³/mol. The van der Waals surface area contributed by atoms with Gasteiger partial charge in [0, 0.05) is 52.3 Å². The number of carbonyl (C=O) groups is 1. The van der Waals surface area contributed by atoms with Gasteiger partial charge in [0.15, 0.2) is 0 Å². The molecule has 0 amide bonds. The molecule has 0 aromatic heterocycles. The molecule has 1 nitrogen and oxygen atoms in total. The second-order valence-electron chi connectivity index (χ2n) is 0.226. The maximum Gasteiger partial charge on any atom is 0.262 e. The zero-order valence-electron chi connectivity index (χ0n) is 2.04. The van der Waals surface area contributed by atoms with Crippen molar-refractivity contribution in [3.05, 3.63) is 0 Å². The molecule has 0 aliphatic heterocycles. The van der Waals surface area contributed by atoms with Crippen molar-refractivity contribution in [3.63, 3.8) is 0 Å². The molecule has 31 valence electrons. The van der Waals surface area contributed by atoms with Gasteiger partial charge in [-0.25, -0.2) is 0 Å². The van der Waals surface area contributed by atoms with Crippen molar-refractivity contribution < 1.29 is 25.2 Å². The Morgan fingerprint density at radius 1 is 1.40 bits per heavy atom. The Bertz CT molecular complexity index is 32.6. The van der Waals surface area contributed by atoms with Crippen LogP contribution in [0.1, 0.15) is 0 Å². The van der Waals surface area contributed by atoms with Crippen molar-refractivity contribution in [1.82, 2.24) is 0 Å². The van der Waals surface area contributed by atoms with Gasteiger partial charge < -0.3 is 0 Å². The molecule has 0 N–H and O–H groups in total. The molecule has 1 radical (unpaired) electrons. The Hall–Kier alpha value is 1.29. The van der Waals surface area contributed by atoms with Gasteiger partial charge in [-0.1, -0.05) is 0 Å². The Kier molecular flexibility index (Phi) is 10.1. The van der Waals surface area contributed by atoms with Crippen LogP contribution in [-0.4, -0.2) is 3.60 Å². The first-order valence-corrected chi connectivity index (χ1v) is 2.17. The van der Waals surface area contributed by atoms with E-state index in [1.165, 1.54) is 0 Å². The van der Waals surface area contributed by atoms with Gasteiger partial charge >= 0.3 is 0 Å². The smallest absolute Gasteiger partial charge is 0.262 e. The van der Waals surface area contributed by atoms with E-state index in [1.807, 2.05) is 0 Å². The molecular formula is CBr2ORe. The second-order valence-corrected chi connectivity index (χ2v) is 2.73. The van der Waals surface area contributed by atoms with Crippen LogP contribution in [0.15, 0.2) is 0 Å². The quantitative estimate of drug-likeness (QED) is 0.593. The van der Waals surface area contributed by atoms with E-state index in [0.29, 0.717) is 0 Å². The van der Waals surface area contributed by atoms with Crippen LogP contribution in [0.25, 0.3) is 0 Å². The fraction of sp³-hybridized carbons (Fsp3) is 0. The van der Waals surface area contributed by atoms with Crippen LogP contribution in [0.4, 0.5) is 4.79 Å². The Morgan fingerprint density at radius 2 is 1.40 bits per heavy atom. The molecule has 0 aliphatic rings. The summed E-state index contributed by atoms with van der Waals surface area (Å²) in [6.45, 7) is 0. The molecule has 0 rings (SSSR count). The molecule has 0 unspecified atom stereocenters. The summed E-state index contributed by atoms with van der Waals surface area (Å²) in [6, 6.07) is 0. The average molecular weight is 374 g/mol. The molecule has 0 saturated heterocycles. The third kappa shape index (κ3) is 34.3. The molecule has 0 fully saturated rings. The third-order valence-corrected chi connectivity index (χ3v) is 0. The number of halogens is 2. The summed E-state index contributed by atoms with van der Waals surface area (Å²) in [5, 5.41) is 0. The molecule has 0 heterocycles. The van der Waals surface area contributed by atoms with Gasteiger partial charge in [0.2, 0.25) is 0 Å². The molecule has 0 spiro atoms. The van der Waals surface area contributed by atoms with Crippen molar-refractivity contribution in [2.45, 2.75) is 0 Å². The number of hydrogen-bond acceptors (Lipinski definition) is 1. The van der Waals surface area contributed by atoms with Gasteiger partial charge in [-0.2, -0.15) is 0 Å². The van der Waals surface area contributed by atoms with Gasteiger partial charge in [0.1, 0.15) is 0 Å². The molecule has 0 bridgehead atoms. The monoisotopic (exact) mass is 373 g/mol. The van der Waals surface area contributed by atoms with E-state index in [-0.39, 0.29) is 24.0 Å². The first kappa shape index (κ1) is 9.57. The minimum Gasteiger partial charge on any atom is -0.273 e. The summed E-state index contributed by atoms with van der Waals surface area (Å²) in [6.07, 6.45) is 0. The van der Waals surface area contributed by atoms with Crippen molar-refractivity contribution in [2.24, 2.45) is 0 Å². The van der Waals surface area contributed by atoms with Crippen LogP contribution in [0, 0.1) is 0 Å². The van der Waals surface area contributed by atoms with Gasteiger partial charge in [-0.15, -0.1) is 0 Å². The fourth-order valence-electron chi connectivity index (χ4n) is 0. The SMILES string of the molecule is O=C(Br)Br.[Re]. The van der Waals surface area contributed by atoms with E-state index >= 15 is 0 Å². The minimum absolute atomic E-state index is 0. The number of rotatable bonds is 0. The summed E-state index contributed by atoms with van der Waals surface area (Å²) >= 11 is 5.10. The maximum atomic E-state index is 9.28. The first-order valence-electron chi connectivity index (χ1n) is 0.582. The standard InChI is InChI=1S/CBr2O.Re/c2-1(3)4;. The van der Waals surface area contributed by atoms with E-state index in [4.69, 9.17) is 0 Å². The Morgan fingerprint density at radius 3 is 1.40 bits per heavy atom. The van der Waals surface area contributed by atoms with Crippen LogP contribution >= 0.6 is 31.9 Å². The summed E-state index contributed by atoms with van der Waals surface area (Å²) in [5.41, 5.74) is 0. The molecule has 0 aromatic carbocycles. The van der Waals surface area contributed by atoms with Crippen molar-refractivity contribution in [3.8, 4) is 0 Å². The molecule has 0 aromatic rings. The molecular weight excluding hydrogens is 374 g/mol. The van der Waals surface area contributed by atoms with E-state index in [1.54, 1.807) is 0 Å². The van der Waals surface area contributed by atoms with Gasteiger partial charge in [-0.3, -0.25) is 4.79 Å². The molecule has 0 saturated carbocycles. The summed E-state index contributed by atoms with van der Waals surface area (Å²) in [5.74, 6) is 0. The second kappa shape index (κ2) is 5.29. The van der Waals surface area contributed by atoms with E-state index in [0.717, 1.165) is 0 Å². The van der Waals surface area contributed by atoms with Gasteiger partial charge in [-0.05, 0) is 0 Å². The molecule has 5 heavy (non-hydrogen) atoms. The van der Waals surface area contributed by atoms with Gasteiger partial charge in [0.25, 0.3) is 3.60 Å². The predicted octanol–water partition coefficient (Wildman–Crippen LogP) is 1.89. The minimum atomic E-state index is -0.208. The van der Waals surface area contributed by atoms with Crippen molar-refractivity contribution in [1.29, 1.82) is 0 Å². The topological polar surface area (TPSA) is 17.1 Å². The third-order valence-electron chi connectivity index (χ3n) is 0. The van der Waals surface area contributed by atoms with Crippen molar-refractivity contribution >= 4 is 35.5 Å². The summed E-state index contributed by atoms with van der Waals surface area (Å²) in [4.78, 5) is 9.28. The molecule has 0 aliphatic carbocycles. The average Bonchev–Trinajstić information content (AvgIpc) is 0.811. The van der Waals surface area contributed by atoms with Crippen LogP contribution in [0.5, 0.6) is 0 Å². The fourth-order valence-corrected chi connectivity index (χ4v) is 0. The van der Waals surface area contributed by atoms with Gasteiger partial charge in [0.05, 0.1) is 0 Å². The normalized spacial score (nSPS) is 5.20. The Labute approximate surface area is 60.4 Å². The first-order chi connectivity index (χ1) is 1.73. The van der Waals surface area contributed by atoms with Crippen LogP contribution in [0.3, 0.4) is 0 Å². The number of hydrogen-bond donors (Lipinski definition) is 0. The summed E-state index contributed by atoms with van der Waals surface area (Å²) in [7, 11) is 0. The number of carbonyl (C=O) groups excluding carboxylic acids is 1. The zero-order valence-corrected chi connectivity index (χ0v) is 7.93. The van der Waals surface area contributed by atoms with Crippen LogP contribution in [0.2, 0.25) is 0 Å².